The number of alkyl halides is 3. The summed E-state index contributed by atoms with van der Waals surface area (Å²) in [6, 6.07) is 0. The van der Waals surface area contributed by atoms with Crippen LogP contribution in [0.5, 0.6) is 0 Å². The Morgan fingerprint density at radius 1 is 0.864 bits per heavy atom. The molecular weight excluding hydrogens is 337 g/mol. The van der Waals surface area contributed by atoms with Gasteiger partial charge in [-0.05, 0) is 37.5 Å². The van der Waals surface area contributed by atoms with Crippen molar-refractivity contribution < 1.29 is 25.2 Å². The highest BCUT2D eigenvalue weighted by Crippen LogP contribution is 2.43. The van der Waals surface area contributed by atoms with E-state index in [1.165, 1.54) is 0 Å². The van der Waals surface area contributed by atoms with E-state index in [9.17, 15) is 21.6 Å². The molecule has 0 saturated heterocycles. The van der Waals surface area contributed by atoms with Crippen molar-refractivity contribution in [3.05, 3.63) is 0 Å². The molecule has 0 atom stereocenters. The molecule has 0 radical (unpaired) electrons. The van der Waals surface area contributed by atoms with Crippen LogP contribution >= 0.6 is 12.0 Å². The van der Waals surface area contributed by atoms with E-state index in [1.54, 1.807) is 0 Å². The van der Waals surface area contributed by atoms with Crippen molar-refractivity contribution in [2.45, 2.75) is 75.0 Å². The molecule has 0 aromatic carbocycles. The van der Waals surface area contributed by atoms with Gasteiger partial charge >= 0.3 is 15.6 Å². The molecule has 0 aliphatic heterocycles. The Kier molecular flexibility index (Phi) is 6.48. The zero-order chi connectivity index (χ0) is 16.2. The summed E-state index contributed by atoms with van der Waals surface area (Å²) in [6.45, 7) is 0. The summed E-state index contributed by atoms with van der Waals surface area (Å²) in [5, 5.41) is -0.141. The number of hydrogen-bond acceptors (Lipinski definition) is 4. The summed E-state index contributed by atoms with van der Waals surface area (Å²) in [5.41, 5.74) is -5.34. The summed E-state index contributed by atoms with van der Waals surface area (Å²) in [4.78, 5) is 0. The van der Waals surface area contributed by atoms with Crippen LogP contribution in [0.4, 0.5) is 13.2 Å². The standard InChI is InChI=1S/C14H23F3O3S2/c15-14(16,17)22(18,19)20-21-13(11-7-3-1-4-8-11)12-9-5-2-6-10-12/h11-13H,1-10H2. The maximum atomic E-state index is 12.4. The minimum absolute atomic E-state index is 0.141. The Labute approximate surface area is 134 Å². The summed E-state index contributed by atoms with van der Waals surface area (Å²) < 4.78 is 64.0. The highest BCUT2D eigenvalue weighted by Gasteiger charge is 2.49. The topological polar surface area (TPSA) is 43.4 Å². The lowest BCUT2D eigenvalue weighted by molar-refractivity contribution is -0.0494. The van der Waals surface area contributed by atoms with Gasteiger partial charge in [-0.3, -0.25) is 0 Å². The van der Waals surface area contributed by atoms with E-state index in [1.807, 2.05) is 0 Å². The molecule has 0 aromatic heterocycles. The SMILES string of the molecule is O=S(=O)(OSC(C1CCCCC1)C1CCCCC1)C(F)(F)F. The number of halogens is 3. The molecule has 3 nitrogen and oxygen atoms in total. The van der Waals surface area contributed by atoms with Crippen LogP contribution in [0.15, 0.2) is 0 Å². The van der Waals surface area contributed by atoms with Gasteiger partial charge in [0.15, 0.2) is 0 Å². The summed E-state index contributed by atoms with van der Waals surface area (Å²) in [7, 11) is -5.51. The van der Waals surface area contributed by atoms with E-state index in [2.05, 4.69) is 3.63 Å². The fourth-order valence-corrected chi connectivity index (χ4v) is 5.55. The average molecular weight is 360 g/mol. The van der Waals surface area contributed by atoms with E-state index in [0.717, 1.165) is 64.2 Å². The van der Waals surface area contributed by atoms with Gasteiger partial charge in [-0.25, -0.2) is 0 Å². The van der Waals surface area contributed by atoms with E-state index in [0.29, 0.717) is 12.0 Å². The van der Waals surface area contributed by atoms with Gasteiger partial charge in [-0.2, -0.15) is 25.2 Å². The Bertz CT molecular complexity index is 421. The lowest BCUT2D eigenvalue weighted by Crippen LogP contribution is -2.32. The third kappa shape index (κ3) is 4.77. The van der Waals surface area contributed by atoms with Gasteiger partial charge in [0.05, 0.1) is 0 Å². The van der Waals surface area contributed by atoms with E-state index in [-0.39, 0.29) is 17.1 Å². The molecule has 130 valence electrons. The minimum atomic E-state index is -5.51. The summed E-state index contributed by atoms with van der Waals surface area (Å²) in [6.07, 6.45) is 10.4. The second-order valence-electron chi connectivity index (χ2n) is 6.32. The minimum Gasteiger partial charge on any atom is -0.191 e. The van der Waals surface area contributed by atoms with Crippen molar-refractivity contribution in [2.24, 2.45) is 11.8 Å². The van der Waals surface area contributed by atoms with Crippen molar-refractivity contribution in [1.29, 1.82) is 0 Å². The van der Waals surface area contributed by atoms with Crippen LogP contribution < -0.4 is 0 Å². The molecule has 8 heteroatoms. The smallest absolute Gasteiger partial charge is 0.191 e. The van der Waals surface area contributed by atoms with E-state index in [4.69, 9.17) is 0 Å². The second kappa shape index (κ2) is 7.75. The van der Waals surface area contributed by atoms with Crippen LogP contribution in [0.25, 0.3) is 0 Å². The molecule has 2 aliphatic rings. The molecule has 2 saturated carbocycles. The molecule has 2 rings (SSSR count). The fourth-order valence-electron chi connectivity index (χ4n) is 3.60. The Balaban J connectivity index is 2.03. The highest BCUT2D eigenvalue weighted by molar-refractivity contribution is 8.05. The van der Waals surface area contributed by atoms with Crippen LogP contribution in [0.2, 0.25) is 0 Å². The number of rotatable bonds is 5. The molecule has 0 heterocycles. The van der Waals surface area contributed by atoms with Crippen molar-refractivity contribution in [3.8, 4) is 0 Å². The summed E-state index contributed by atoms with van der Waals surface area (Å²) >= 11 is 0.560. The molecule has 0 unspecified atom stereocenters. The van der Waals surface area contributed by atoms with Gasteiger partial charge in [0.1, 0.15) is 0 Å². The zero-order valence-electron chi connectivity index (χ0n) is 12.5. The third-order valence-electron chi connectivity index (χ3n) is 4.75. The molecule has 0 amide bonds. The van der Waals surface area contributed by atoms with Gasteiger partial charge in [0.25, 0.3) is 0 Å². The average Bonchev–Trinajstić information content (AvgIpc) is 2.48. The molecule has 0 bridgehead atoms. The third-order valence-corrected chi connectivity index (χ3v) is 7.34. The number of hydrogen-bond donors (Lipinski definition) is 0. The van der Waals surface area contributed by atoms with Crippen molar-refractivity contribution >= 4 is 22.2 Å². The van der Waals surface area contributed by atoms with Gasteiger partial charge < -0.3 is 0 Å². The molecule has 0 N–H and O–H groups in total. The molecule has 2 aliphatic carbocycles. The van der Waals surface area contributed by atoms with Crippen LogP contribution in [0.1, 0.15) is 64.2 Å². The first-order chi connectivity index (χ1) is 10.3. The largest absolute Gasteiger partial charge is 0.524 e. The van der Waals surface area contributed by atoms with Crippen molar-refractivity contribution in [1.82, 2.24) is 0 Å². The second-order valence-corrected chi connectivity index (χ2v) is 8.98. The van der Waals surface area contributed by atoms with E-state index >= 15 is 0 Å². The van der Waals surface area contributed by atoms with Crippen LogP contribution in [-0.4, -0.2) is 19.2 Å². The molecular formula is C14H23F3O3S2. The molecule has 0 spiro atoms. The first-order valence-corrected chi connectivity index (χ1v) is 10.2. The van der Waals surface area contributed by atoms with Gasteiger partial charge in [-0.1, -0.05) is 38.5 Å². The zero-order valence-corrected chi connectivity index (χ0v) is 14.1. The maximum absolute atomic E-state index is 12.4. The lowest BCUT2D eigenvalue weighted by atomic mass is 9.77. The predicted molar refractivity (Wildman–Crippen MR) is 80.6 cm³/mol. The first kappa shape index (κ1) is 18.4. The Hall–Kier alpha value is 0.0500. The van der Waals surface area contributed by atoms with Gasteiger partial charge in [0.2, 0.25) is 0 Å². The fraction of sp³-hybridized carbons (Fsp3) is 1.00. The Morgan fingerprint density at radius 2 is 1.27 bits per heavy atom. The van der Waals surface area contributed by atoms with Crippen LogP contribution in [0, 0.1) is 11.8 Å². The first-order valence-electron chi connectivity index (χ1n) is 7.97. The maximum Gasteiger partial charge on any atom is 0.524 e. The molecule has 2 fully saturated rings. The monoisotopic (exact) mass is 360 g/mol. The summed E-state index contributed by atoms with van der Waals surface area (Å²) in [5.74, 6) is 0.538. The van der Waals surface area contributed by atoms with Crippen LogP contribution in [0.3, 0.4) is 0 Å². The van der Waals surface area contributed by atoms with Crippen molar-refractivity contribution in [3.63, 3.8) is 0 Å². The van der Waals surface area contributed by atoms with Gasteiger partial charge in [-0.15, -0.1) is 0 Å². The van der Waals surface area contributed by atoms with E-state index < -0.39 is 15.6 Å². The highest BCUT2D eigenvalue weighted by atomic mass is 32.3. The predicted octanol–water partition coefficient (Wildman–Crippen LogP) is 5.03. The Morgan fingerprint density at radius 3 is 1.64 bits per heavy atom. The molecule has 22 heavy (non-hydrogen) atoms. The molecule has 0 aromatic rings. The lowest BCUT2D eigenvalue weighted by Gasteiger charge is -2.36. The quantitative estimate of drug-likeness (QED) is 0.509. The van der Waals surface area contributed by atoms with Crippen LogP contribution in [-0.2, 0) is 13.7 Å². The van der Waals surface area contributed by atoms with Gasteiger partial charge in [0, 0.05) is 17.3 Å². The normalized spacial score (nSPS) is 23.1. The van der Waals surface area contributed by atoms with Crippen molar-refractivity contribution in [2.75, 3.05) is 0 Å².